The second kappa shape index (κ2) is 8.84. The normalized spacial score (nSPS) is 16.4. The third-order valence-corrected chi connectivity index (χ3v) is 6.42. The van der Waals surface area contributed by atoms with Gasteiger partial charge in [-0.25, -0.2) is 8.42 Å². The van der Waals surface area contributed by atoms with E-state index >= 15 is 0 Å². The minimum Gasteiger partial charge on any atom is -0.496 e. The summed E-state index contributed by atoms with van der Waals surface area (Å²) in [4.78, 5) is 12.8. The molecule has 0 bridgehead atoms. The topological polar surface area (TPSA) is 93.7 Å². The van der Waals surface area contributed by atoms with Crippen molar-refractivity contribution in [3.63, 3.8) is 0 Å². The molecule has 1 fully saturated rings. The molecule has 0 aliphatic carbocycles. The molecule has 1 aliphatic rings. The minimum atomic E-state index is -3.89. The number of anilines is 1. The molecule has 0 spiro atoms. The van der Waals surface area contributed by atoms with E-state index in [1.165, 1.54) is 0 Å². The Balaban J connectivity index is 1.82. The van der Waals surface area contributed by atoms with Gasteiger partial charge >= 0.3 is 0 Å². The summed E-state index contributed by atoms with van der Waals surface area (Å²) in [5.41, 5.74) is 1.75. The van der Waals surface area contributed by atoms with E-state index in [2.05, 4.69) is 10.0 Å². The van der Waals surface area contributed by atoms with Gasteiger partial charge in [0.25, 0.3) is 15.9 Å². The summed E-state index contributed by atoms with van der Waals surface area (Å²) in [6, 6.07) is 9.79. The van der Waals surface area contributed by atoms with E-state index in [-0.39, 0.29) is 28.2 Å². The van der Waals surface area contributed by atoms with Gasteiger partial charge < -0.3 is 14.8 Å². The smallest absolute Gasteiger partial charge is 0.262 e. The summed E-state index contributed by atoms with van der Waals surface area (Å²) >= 11 is 0. The molecular formula is C21H26N2O5S. The fraction of sp³-hybridized carbons (Fsp3) is 0.381. The fourth-order valence-electron chi connectivity index (χ4n) is 3.35. The largest absolute Gasteiger partial charge is 0.496 e. The van der Waals surface area contributed by atoms with E-state index in [1.54, 1.807) is 57.4 Å². The molecule has 1 heterocycles. The molecular weight excluding hydrogens is 392 g/mol. The third kappa shape index (κ3) is 4.89. The Morgan fingerprint density at radius 3 is 2.66 bits per heavy atom. The average molecular weight is 419 g/mol. The molecule has 3 rings (SSSR count). The first-order valence-electron chi connectivity index (χ1n) is 9.48. The van der Waals surface area contributed by atoms with Gasteiger partial charge in [0.15, 0.2) is 0 Å². The maximum atomic E-state index is 13.0. The molecule has 1 saturated heterocycles. The minimum absolute atomic E-state index is 0.00716. The van der Waals surface area contributed by atoms with Gasteiger partial charge in [0.05, 0.1) is 29.4 Å². The molecule has 0 unspecified atom stereocenters. The van der Waals surface area contributed by atoms with E-state index in [4.69, 9.17) is 9.47 Å². The number of nitrogens with one attached hydrogen (secondary N) is 2. The molecule has 0 radical (unpaired) electrons. The second-order valence-electron chi connectivity index (χ2n) is 7.08. The zero-order valence-corrected chi connectivity index (χ0v) is 17.6. The van der Waals surface area contributed by atoms with Crippen molar-refractivity contribution in [3.05, 3.63) is 53.1 Å². The summed E-state index contributed by atoms with van der Waals surface area (Å²) in [7, 11) is -2.35. The number of methoxy groups -OCH3 is 1. The molecule has 2 aromatic carbocycles. The lowest BCUT2D eigenvalue weighted by atomic mass is 10.1. The predicted octanol–water partition coefficient (Wildman–Crippen LogP) is 3.02. The number of benzene rings is 2. The van der Waals surface area contributed by atoms with E-state index < -0.39 is 10.0 Å². The molecule has 0 saturated carbocycles. The molecule has 1 atom stereocenters. The number of para-hydroxylation sites is 1. The third-order valence-electron chi connectivity index (χ3n) is 4.91. The summed E-state index contributed by atoms with van der Waals surface area (Å²) in [5, 5.41) is 2.83. The van der Waals surface area contributed by atoms with Crippen LogP contribution in [-0.4, -0.2) is 40.7 Å². The maximum absolute atomic E-state index is 13.0. The van der Waals surface area contributed by atoms with Crippen molar-refractivity contribution < 1.29 is 22.7 Å². The highest BCUT2D eigenvalue weighted by Gasteiger charge is 2.22. The lowest BCUT2D eigenvalue weighted by molar-refractivity contribution is 0.0858. The van der Waals surface area contributed by atoms with Crippen LogP contribution in [0.5, 0.6) is 5.75 Å². The highest BCUT2D eigenvalue weighted by Crippen LogP contribution is 2.28. The van der Waals surface area contributed by atoms with E-state index in [9.17, 15) is 13.2 Å². The molecule has 8 heteroatoms. The molecule has 2 aromatic rings. The van der Waals surface area contributed by atoms with Crippen molar-refractivity contribution in [1.82, 2.24) is 5.32 Å². The summed E-state index contributed by atoms with van der Waals surface area (Å²) in [5.74, 6) is 0.275. The Kier molecular flexibility index (Phi) is 6.44. The number of hydrogen-bond acceptors (Lipinski definition) is 5. The number of sulfonamides is 1. The number of ether oxygens (including phenoxy) is 2. The van der Waals surface area contributed by atoms with E-state index in [0.717, 1.165) is 12.8 Å². The zero-order valence-electron chi connectivity index (χ0n) is 16.8. The van der Waals surface area contributed by atoms with Crippen molar-refractivity contribution in [2.45, 2.75) is 37.7 Å². The fourth-order valence-corrected chi connectivity index (χ4v) is 4.74. The molecule has 29 heavy (non-hydrogen) atoms. The van der Waals surface area contributed by atoms with E-state index in [1.807, 2.05) is 0 Å². The van der Waals surface area contributed by atoms with Gasteiger partial charge in [0, 0.05) is 13.2 Å². The highest BCUT2D eigenvalue weighted by molar-refractivity contribution is 7.92. The number of hydrogen-bond donors (Lipinski definition) is 2. The van der Waals surface area contributed by atoms with Gasteiger partial charge in [-0.2, -0.15) is 0 Å². The van der Waals surface area contributed by atoms with Crippen molar-refractivity contribution in [2.24, 2.45) is 0 Å². The first kappa shape index (κ1) is 21.1. The number of amides is 1. The maximum Gasteiger partial charge on any atom is 0.262 e. The zero-order chi connectivity index (χ0) is 21.0. The van der Waals surface area contributed by atoms with Gasteiger partial charge in [-0.15, -0.1) is 0 Å². The second-order valence-corrected chi connectivity index (χ2v) is 8.73. The van der Waals surface area contributed by atoms with Gasteiger partial charge in [-0.1, -0.05) is 12.1 Å². The predicted molar refractivity (Wildman–Crippen MR) is 111 cm³/mol. The van der Waals surface area contributed by atoms with Crippen LogP contribution in [0.25, 0.3) is 0 Å². The van der Waals surface area contributed by atoms with Crippen LogP contribution in [-0.2, 0) is 14.8 Å². The van der Waals surface area contributed by atoms with Crippen LogP contribution in [0.4, 0.5) is 5.69 Å². The van der Waals surface area contributed by atoms with Crippen molar-refractivity contribution in [3.8, 4) is 5.75 Å². The van der Waals surface area contributed by atoms with E-state index in [0.29, 0.717) is 30.0 Å². The van der Waals surface area contributed by atoms with Crippen LogP contribution in [0.2, 0.25) is 0 Å². The molecule has 2 N–H and O–H groups in total. The van der Waals surface area contributed by atoms with Crippen molar-refractivity contribution in [2.75, 3.05) is 25.0 Å². The lowest BCUT2D eigenvalue weighted by Gasteiger charge is -2.16. The average Bonchev–Trinajstić information content (AvgIpc) is 3.21. The summed E-state index contributed by atoms with van der Waals surface area (Å²) < 4.78 is 39.3. The Labute approximate surface area is 171 Å². The monoisotopic (exact) mass is 418 g/mol. The van der Waals surface area contributed by atoms with Crippen LogP contribution in [0, 0.1) is 13.8 Å². The van der Waals surface area contributed by atoms with Crippen LogP contribution >= 0.6 is 0 Å². The van der Waals surface area contributed by atoms with Crippen molar-refractivity contribution >= 4 is 21.6 Å². The Hall–Kier alpha value is -2.58. The van der Waals surface area contributed by atoms with Crippen LogP contribution in [0.3, 0.4) is 0 Å². The SMILES string of the molecule is COc1cc(C)c(S(=O)(=O)Nc2ccccc2C(=O)NC[C@H]2CCCO2)cc1C. The molecule has 156 valence electrons. The molecule has 1 aliphatic heterocycles. The van der Waals surface area contributed by atoms with Crippen LogP contribution in [0.1, 0.15) is 34.3 Å². The number of rotatable bonds is 7. The first-order valence-corrected chi connectivity index (χ1v) is 11.0. The Morgan fingerprint density at radius 1 is 1.21 bits per heavy atom. The first-order chi connectivity index (χ1) is 13.8. The summed E-state index contributed by atoms with van der Waals surface area (Å²) in [6.07, 6.45) is 1.90. The Bertz CT molecular complexity index is 998. The number of carbonyl (C=O) groups excluding carboxylic acids is 1. The van der Waals surface area contributed by atoms with Crippen LogP contribution in [0.15, 0.2) is 41.3 Å². The standard InChI is InChI=1S/C21H26N2O5S/c1-14-12-20(15(2)11-19(14)27-3)29(25,26)23-18-9-5-4-8-17(18)21(24)22-13-16-7-6-10-28-16/h4-5,8-9,11-12,16,23H,6-7,10,13H2,1-3H3,(H,22,24)/t16-/m1/s1. The van der Waals surface area contributed by atoms with Crippen molar-refractivity contribution in [1.29, 1.82) is 0 Å². The number of carbonyl (C=O) groups is 1. The molecule has 1 amide bonds. The summed E-state index contributed by atoms with van der Waals surface area (Å²) in [6.45, 7) is 4.59. The van der Waals surface area contributed by atoms with Crippen LogP contribution < -0.4 is 14.8 Å². The quantitative estimate of drug-likeness (QED) is 0.721. The molecule has 0 aromatic heterocycles. The Morgan fingerprint density at radius 2 is 1.97 bits per heavy atom. The highest BCUT2D eigenvalue weighted by atomic mass is 32.2. The number of aryl methyl sites for hydroxylation is 2. The molecule has 7 nitrogen and oxygen atoms in total. The lowest BCUT2D eigenvalue weighted by Crippen LogP contribution is -2.32. The van der Waals surface area contributed by atoms with Gasteiger partial charge in [0.2, 0.25) is 0 Å². The van der Waals surface area contributed by atoms with Gasteiger partial charge in [-0.3, -0.25) is 9.52 Å². The van der Waals surface area contributed by atoms with Gasteiger partial charge in [0.1, 0.15) is 5.75 Å². The van der Waals surface area contributed by atoms with Gasteiger partial charge in [-0.05, 0) is 62.1 Å².